The van der Waals surface area contributed by atoms with Crippen molar-refractivity contribution in [3.63, 3.8) is 0 Å². The van der Waals surface area contributed by atoms with Crippen LogP contribution in [0.4, 0.5) is 0 Å². The Hall–Kier alpha value is -0.100. The average Bonchev–Trinajstić information content (AvgIpc) is 2.53. The predicted octanol–water partition coefficient (Wildman–Crippen LogP) is 1.82. The van der Waals surface area contributed by atoms with Gasteiger partial charge in [0.25, 0.3) is 0 Å². The zero-order valence-corrected chi connectivity index (χ0v) is 9.91. The van der Waals surface area contributed by atoms with Crippen molar-refractivity contribution in [2.24, 2.45) is 0 Å². The first kappa shape index (κ1) is 9.45. The molecule has 1 aromatic heterocycles. The largest absolute Gasteiger partial charge is 0.306 e. The SMILES string of the molecule is CN1CCC(c2[nH]ncc2I)CC1. The molecule has 13 heavy (non-hydrogen) atoms. The summed E-state index contributed by atoms with van der Waals surface area (Å²) < 4.78 is 1.28. The highest BCUT2D eigenvalue weighted by Crippen LogP contribution is 2.28. The van der Waals surface area contributed by atoms with Crippen molar-refractivity contribution in [3.05, 3.63) is 15.5 Å². The molecule has 72 valence electrons. The summed E-state index contributed by atoms with van der Waals surface area (Å²) in [5.41, 5.74) is 1.34. The van der Waals surface area contributed by atoms with E-state index in [2.05, 4.69) is 44.7 Å². The number of hydrogen-bond donors (Lipinski definition) is 1. The first-order chi connectivity index (χ1) is 6.27. The summed E-state index contributed by atoms with van der Waals surface area (Å²) in [4.78, 5) is 2.39. The van der Waals surface area contributed by atoms with E-state index < -0.39 is 0 Å². The number of nitrogens with one attached hydrogen (secondary N) is 1. The summed E-state index contributed by atoms with van der Waals surface area (Å²) in [6, 6.07) is 0. The minimum atomic E-state index is 0.700. The summed E-state index contributed by atoms with van der Waals surface area (Å²) in [5.74, 6) is 0.700. The maximum atomic E-state index is 4.07. The molecular weight excluding hydrogens is 277 g/mol. The molecule has 1 aromatic rings. The number of hydrogen-bond acceptors (Lipinski definition) is 2. The molecule has 1 fully saturated rings. The summed E-state index contributed by atoms with van der Waals surface area (Å²) in [7, 11) is 2.19. The van der Waals surface area contributed by atoms with Crippen molar-refractivity contribution in [2.45, 2.75) is 18.8 Å². The van der Waals surface area contributed by atoms with Crippen LogP contribution in [0.3, 0.4) is 0 Å². The van der Waals surface area contributed by atoms with Gasteiger partial charge in [-0.15, -0.1) is 0 Å². The first-order valence-electron chi connectivity index (χ1n) is 4.64. The van der Waals surface area contributed by atoms with Gasteiger partial charge in [0.15, 0.2) is 0 Å². The van der Waals surface area contributed by atoms with E-state index in [-0.39, 0.29) is 0 Å². The maximum absolute atomic E-state index is 4.07. The zero-order chi connectivity index (χ0) is 9.26. The van der Waals surface area contributed by atoms with Crippen LogP contribution in [0.5, 0.6) is 0 Å². The van der Waals surface area contributed by atoms with E-state index in [9.17, 15) is 0 Å². The summed E-state index contributed by atoms with van der Waals surface area (Å²) >= 11 is 2.36. The summed E-state index contributed by atoms with van der Waals surface area (Å²) in [5, 5.41) is 7.18. The molecular formula is C9H14IN3. The molecule has 0 saturated carbocycles. The van der Waals surface area contributed by atoms with Crippen molar-refractivity contribution in [2.75, 3.05) is 20.1 Å². The van der Waals surface area contributed by atoms with Gasteiger partial charge in [-0.25, -0.2) is 0 Å². The number of likely N-dealkylation sites (tertiary alicyclic amines) is 1. The topological polar surface area (TPSA) is 31.9 Å². The third-order valence-corrected chi connectivity index (χ3v) is 3.61. The molecule has 0 bridgehead atoms. The number of H-pyrrole nitrogens is 1. The molecule has 3 nitrogen and oxygen atoms in total. The number of nitrogens with zero attached hydrogens (tertiary/aromatic N) is 2. The van der Waals surface area contributed by atoms with Crippen LogP contribution < -0.4 is 0 Å². The molecule has 0 radical (unpaired) electrons. The highest BCUT2D eigenvalue weighted by Gasteiger charge is 2.21. The molecule has 0 spiro atoms. The quantitative estimate of drug-likeness (QED) is 0.800. The fraction of sp³-hybridized carbons (Fsp3) is 0.667. The van der Waals surface area contributed by atoms with E-state index in [1.165, 1.54) is 35.2 Å². The Labute approximate surface area is 92.0 Å². The molecule has 1 aliphatic rings. The Bertz CT molecular complexity index is 276. The van der Waals surface area contributed by atoms with Gasteiger partial charge in [-0.2, -0.15) is 5.10 Å². The van der Waals surface area contributed by atoms with E-state index in [1.54, 1.807) is 0 Å². The minimum absolute atomic E-state index is 0.700. The molecule has 4 heteroatoms. The van der Waals surface area contributed by atoms with E-state index in [0.717, 1.165) is 0 Å². The smallest absolute Gasteiger partial charge is 0.0624 e. The summed E-state index contributed by atoms with van der Waals surface area (Å²) in [6.45, 7) is 2.42. The Morgan fingerprint density at radius 3 is 2.77 bits per heavy atom. The second kappa shape index (κ2) is 3.96. The monoisotopic (exact) mass is 291 g/mol. The van der Waals surface area contributed by atoms with Gasteiger partial charge in [-0.1, -0.05) is 0 Å². The number of rotatable bonds is 1. The van der Waals surface area contributed by atoms with E-state index in [1.807, 2.05) is 6.20 Å². The second-order valence-electron chi connectivity index (χ2n) is 3.71. The Morgan fingerprint density at radius 1 is 1.54 bits per heavy atom. The van der Waals surface area contributed by atoms with Gasteiger partial charge in [-0.3, -0.25) is 5.10 Å². The maximum Gasteiger partial charge on any atom is 0.0624 e. The lowest BCUT2D eigenvalue weighted by Gasteiger charge is -2.28. The van der Waals surface area contributed by atoms with Gasteiger partial charge in [0.05, 0.1) is 15.5 Å². The lowest BCUT2D eigenvalue weighted by molar-refractivity contribution is 0.253. The third-order valence-electron chi connectivity index (χ3n) is 2.75. The number of aromatic amines is 1. The fourth-order valence-corrected chi connectivity index (χ4v) is 2.57. The van der Waals surface area contributed by atoms with E-state index in [4.69, 9.17) is 0 Å². The number of aromatic nitrogens is 2. The predicted molar refractivity (Wildman–Crippen MR) is 60.8 cm³/mol. The minimum Gasteiger partial charge on any atom is -0.306 e. The average molecular weight is 291 g/mol. The molecule has 0 unspecified atom stereocenters. The van der Waals surface area contributed by atoms with Crippen LogP contribution in [0.15, 0.2) is 6.20 Å². The standard InChI is InChI=1S/C9H14IN3/c1-13-4-2-7(3-5-13)9-8(10)6-11-12-9/h6-7H,2-5H2,1H3,(H,11,12). The van der Waals surface area contributed by atoms with Gasteiger partial charge in [0.1, 0.15) is 0 Å². The molecule has 1 saturated heterocycles. The molecule has 1 aliphatic heterocycles. The Kier molecular flexibility index (Phi) is 2.88. The van der Waals surface area contributed by atoms with E-state index >= 15 is 0 Å². The van der Waals surface area contributed by atoms with Crippen LogP contribution in [-0.2, 0) is 0 Å². The highest BCUT2D eigenvalue weighted by molar-refractivity contribution is 14.1. The molecule has 2 rings (SSSR count). The molecule has 0 aliphatic carbocycles. The Balaban J connectivity index is 2.06. The van der Waals surface area contributed by atoms with Crippen LogP contribution in [0.2, 0.25) is 0 Å². The lowest BCUT2D eigenvalue weighted by Crippen LogP contribution is -2.29. The van der Waals surface area contributed by atoms with Gasteiger partial charge >= 0.3 is 0 Å². The van der Waals surface area contributed by atoms with Crippen LogP contribution in [-0.4, -0.2) is 35.2 Å². The number of piperidine rings is 1. The lowest BCUT2D eigenvalue weighted by atomic mass is 9.94. The van der Waals surface area contributed by atoms with Gasteiger partial charge < -0.3 is 4.90 Å². The van der Waals surface area contributed by atoms with Crippen molar-refractivity contribution in [3.8, 4) is 0 Å². The van der Waals surface area contributed by atoms with E-state index in [0.29, 0.717) is 5.92 Å². The molecule has 0 aromatic carbocycles. The van der Waals surface area contributed by atoms with Crippen LogP contribution in [0.25, 0.3) is 0 Å². The van der Waals surface area contributed by atoms with Gasteiger partial charge in [-0.05, 0) is 55.6 Å². The van der Waals surface area contributed by atoms with Crippen LogP contribution in [0.1, 0.15) is 24.5 Å². The zero-order valence-electron chi connectivity index (χ0n) is 7.76. The number of halogens is 1. The normalized spacial score (nSPS) is 20.8. The summed E-state index contributed by atoms with van der Waals surface area (Å²) in [6.07, 6.45) is 4.43. The van der Waals surface area contributed by atoms with Crippen molar-refractivity contribution >= 4 is 22.6 Å². The van der Waals surface area contributed by atoms with Crippen molar-refractivity contribution in [1.82, 2.24) is 15.1 Å². The van der Waals surface area contributed by atoms with Crippen molar-refractivity contribution in [1.29, 1.82) is 0 Å². The van der Waals surface area contributed by atoms with Crippen LogP contribution in [0, 0.1) is 3.57 Å². The second-order valence-corrected chi connectivity index (χ2v) is 4.87. The molecule has 0 atom stereocenters. The highest BCUT2D eigenvalue weighted by atomic mass is 127. The first-order valence-corrected chi connectivity index (χ1v) is 5.72. The van der Waals surface area contributed by atoms with Crippen LogP contribution >= 0.6 is 22.6 Å². The van der Waals surface area contributed by atoms with Gasteiger partial charge in [0.2, 0.25) is 0 Å². The van der Waals surface area contributed by atoms with Crippen molar-refractivity contribution < 1.29 is 0 Å². The molecule has 0 amide bonds. The molecule has 1 N–H and O–H groups in total. The third kappa shape index (κ3) is 2.04. The fourth-order valence-electron chi connectivity index (χ4n) is 1.86. The van der Waals surface area contributed by atoms with Gasteiger partial charge in [0, 0.05) is 5.92 Å². The molecule has 2 heterocycles. The Morgan fingerprint density at radius 2 is 2.23 bits per heavy atom.